The Morgan fingerprint density at radius 2 is 1.83 bits per heavy atom. The maximum atomic E-state index is 12.1. The number of aliphatic hydroxyl groups excluding tert-OH is 1. The number of aliphatic carboxylic acids is 1. The molecule has 0 aliphatic carbocycles. The maximum Gasteiger partial charge on any atom is 0.408 e. The van der Waals surface area contributed by atoms with Crippen LogP contribution >= 0.6 is 0 Å². The van der Waals surface area contributed by atoms with Gasteiger partial charge >= 0.3 is 18.2 Å². The second-order valence-electron chi connectivity index (χ2n) is 4.81. The van der Waals surface area contributed by atoms with Crippen molar-refractivity contribution in [1.29, 1.82) is 0 Å². The fourth-order valence-electron chi connectivity index (χ4n) is 1.75. The summed E-state index contributed by atoms with van der Waals surface area (Å²) in [6.45, 7) is -0.121. The lowest BCUT2D eigenvalue weighted by molar-refractivity contribution is -0.157. The first kappa shape index (κ1) is 18.8. The largest absolute Gasteiger partial charge is 0.480 e. The number of amides is 1. The standard InChI is InChI=1S/C14H16F3NO5/c15-14(16,17)7-10(19)6-11(12(20)21)18-13(22)23-8-9-4-2-1-3-5-9/h1-5,10-11,19H,6-8H2,(H,18,22)(H,20,21). The first-order chi connectivity index (χ1) is 10.7. The van der Waals surface area contributed by atoms with Gasteiger partial charge in [-0.2, -0.15) is 13.2 Å². The third-order valence-corrected chi connectivity index (χ3v) is 2.78. The van der Waals surface area contributed by atoms with Crippen molar-refractivity contribution in [3.05, 3.63) is 35.9 Å². The second-order valence-corrected chi connectivity index (χ2v) is 4.81. The summed E-state index contributed by atoms with van der Waals surface area (Å²) in [5, 5.41) is 20.1. The molecule has 1 rings (SSSR count). The minimum Gasteiger partial charge on any atom is -0.480 e. The van der Waals surface area contributed by atoms with E-state index in [1.807, 2.05) is 5.32 Å². The second kappa shape index (κ2) is 8.37. The van der Waals surface area contributed by atoms with Crippen LogP contribution in [0, 0.1) is 0 Å². The van der Waals surface area contributed by atoms with Gasteiger partial charge in [-0.15, -0.1) is 0 Å². The zero-order valence-corrected chi connectivity index (χ0v) is 11.9. The van der Waals surface area contributed by atoms with Gasteiger partial charge in [0.2, 0.25) is 0 Å². The number of carbonyl (C=O) groups is 2. The Morgan fingerprint density at radius 1 is 1.22 bits per heavy atom. The summed E-state index contributed by atoms with van der Waals surface area (Å²) in [7, 11) is 0. The monoisotopic (exact) mass is 335 g/mol. The Hall–Kier alpha value is -2.29. The Morgan fingerprint density at radius 3 is 2.35 bits per heavy atom. The van der Waals surface area contributed by atoms with Crippen LogP contribution in [-0.2, 0) is 16.1 Å². The molecule has 0 aliphatic rings. The van der Waals surface area contributed by atoms with Gasteiger partial charge in [0, 0.05) is 6.42 Å². The quantitative estimate of drug-likeness (QED) is 0.709. The number of hydrogen-bond donors (Lipinski definition) is 3. The van der Waals surface area contributed by atoms with E-state index in [1.165, 1.54) is 0 Å². The molecule has 128 valence electrons. The number of carboxylic acid groups (broad SMARTS) is 1. The smallest absolute Gasteiger partial charge is 0.408 e. The van der Waals surface area contributed by atoms with Crippen LogP contribution in [0.2, 0.25) is 0 Å². The molecule has 0 saturated heterocycles. The van der Waals surface area contributed by atoms with E-state index in [2.05, 4.69) is 0 Å². The van der Waals surface area contributed by atoms with Gasteiger partial charge in [0.25, 0.3) is 0 Å². The van der Waals surface area contributed by atoms with Crippen molar-refractivity contribution in [3.63, 3.8) is 0 Å². The molecule has 9 heteroatoms. The van der Waals surface area contributed by atoms with Crippen LogP contribution in [0.1, 0.15) is 18.4 Å². The number of alkyl halides is 3. The highest BCUT2D eigenvalue weighted by Crippen LogP contribution is 2.23. The average Bonchev–Trinajstić information content (AvgIpc) is 2.43. The van der Waals surface area contributed by atoms with Crippen molar-refractivity contribution in [2.75, 3.05) is 0 Å². The molecule has 1 aromatic carbocycles. The molecule has 23 heavy (non-hydrogen) atoms. The van der Waals surface area contributed by atoms with Crippen LogP contribution in [-0.4, -0.2) is 40.6 Å². The fraction of sp³-hybridized carbons (Fsp3) is 0.429. The van der Waals surface area contributed by atoms with Gasteiger partial charge in [-0.3, -0.25) is 0 Å². The molecule has 0 saturated carbocycles. The number of ether oxygens (including phenoxy) is 1. The van der Waals surface area contributed by atoms with Crippen LogP contribution in [0.25, 0.3) is 0 Å². The number of benzene rings is 1. The van der Waals surface area contributed by atoms with E-state index in [0.717, 1.165) is 0 Å². The number of carbonyl (C=O) groups excluding carboxylic acids is 1. The molecular weight excluding hydrogens is 319 g/mol. The summed E-state index contributed by atoms with van der Waals surface area (Å²) in [6, 6.07) is 6.85. The van der Waals surface area contributed by atoms with Gasteiger partial charge in [0.15, 0.2) is 0 Å². The molecule has 2 unspecified atom stereocenters. The molecule has 2 atom stereocenters. The number of aliphatic hydroxyl groups is 1. The minimum atomic E-state index is -4.63. The van der Waals surface area contributed by atoms with Gasteiger partial charge in [-0.1, -0.05) is 30.3 Å². The van der Waals surface area contributed by atoms with Crippen LogP contribution in [0.15, 0.2) is 30.3 Å². The average molecular weight is 335 g/mol. The number of nitrogens with one attached hydrogen (secondary N) is 1. The van der Waals surface area contributed by atoms with Crippen LogP contribution in [0.5, 0.6) is 0 Å². The molecule has 6 nitrogen and oxygen atoms in total. The molecule has 0 bridgehead atoms. The third-order valence-electron chi connectivity index (χ3n) is 2.78. The molecule has 3 N–H and O–H groups in total. The summed E-state index contributed by atoms with van der Waals surface area (Å²) in [4.78, 5) is 22.4. The van der Waals surface area contributed by atoms with Crippen molar-refractivity contribution in [1.82, 2.24) is 5.32 Å². The van der Waals surface area contributed by atoms with Crippen molar-refractivity contribution in [3.8, 4) is 0 Å². The maximum absolute atomic E-state index is 12.1. The highest BCUT2D eigenvalue weighted by molar-refractivity contribution is 5.79. The van der Waals surface area contributed by atoms with E-state index < -0.39 is 43.2 Å². The summed E-state index contributed by atoms with van der Waals surface area (Å²) < 4.78 is 41.1. The molecule has 0 radical (unpaired) electrons. The topological polar surface area (TPSA) is 95.9 Å². The Kier molecular flexibility index (Phi) is 6.83. The predicted molar refractivity (Wildman–Crippen MR) is 72.5 cm³/mol. The first-order valence-corrected chi connectivity index (χ1v) is 6.62. The van der Waals surface area contributed by atoms with Gasteiger partial charge in [-0.25, -0.2) is 9.59 Å². The van der Waals surface area contributed by atoms with E-state index >= 15 is 0 Å². The summed E-state index contributed by atoms with van der Waals surface area (Å²) in [5.74, 6) is -1.57. The van der Waals surface area contributed by atoms with Crippen molar-refractivity contribution < 1.29 is 37.7 Å². The lowest BCUT2D eigenvalue weighted by Crippen LogP contribution is -2.43. The molecule has 1 aromatic rings. The van der Waals surface area contributed by atoms with Crippen LogP contribution in [0.3, 0.4) is 0 Å². The van der Waals surface area contributed by atoms with Crippen molar-refractivity contribution in [2.24, 2.45) is 0 Å². The van der Waals surface area contributed by atoms with Crippen molar-refractivity contribution >= 4 is 12.1 Å². The molecule has 0 spiro atoms. The van der Waals surface area contributed by atoms with E-state index in [1.54, 1.807) is 30.3 Å². The van der Waals surface area contributed by atoms with Gasteiger partial charge in [-0.05, 0) is 5.56 Å². The zero-order chi connectivity index (χ0) is 17.5. The Labute approximate surface area is 129 Å². The fourth-order valence-corrected chi connectivity index (χ4v) is 1.75. The van der Waals surface area contributed by atoms with Gasteiger partial charge in [0.1, 0.15) is 12.6 Å². The number of alkyl carbamates (subject to hydrolysis) is 1. The number of hydrogen-bond acceptors (Lipinski definition) is 4. The van der Waals surface area contributed by atoms with Gasteiger partial charge in [0.05, 0.1) is 12.5 Å². The van der Waals surface area contributed by atoms with E-state index in [4.69, 9.17) is 9.84 Å². The molecule has 0 aromatic heterocycles. The predicted octanol–water partition coefficient (Wildman–Crippen LogP) is 2.07. The van der Waals surface area contributed by atoms with Crippen LogP contribution < -0.4 is 5.32 Å². The number of carboxylic acids is 1. The van der Waals surface area contributed by atoms with E-state index in [9.17, 15) is 27.9 Å². The van der Waals surface area contributed by atoms with Crippen molar-refractivity contribution in [2.45, 2.75) is 37.8 Å². The summed E-state index contributed by atoms with van der Waals surface area (Å²) in [6.07, 6.45) is -10.0. The Balaban J connectivity index is 2.48. The Bertz CT molecular complexity index is 521. The van der Waals surface area contributed by atoms with E-state index in [0.29, 0.717) is 5.56 Å². The summed E-state index contributed by atoms with van der Waals surface area (Å²) in [5.41, 5.74) is 0.659. The molecule has 0 heterocycles. The number of halogens is 3. The lowest BCUT2D eigenvalue weighted by Gasteiger charge is -2.19. The van der Waals surface area contributed by atoms with Gasteiger partial charge < -0.3 is 20.3 Å². The normalized spacial score (nSPS) is 13.9. The molecular formula is C14H16F3NO5. The minimum absolute atomic E-state index is 0.121. The highest BCUT2D eigenvalue weighted by atomic mass is 19.4. The summed E-state index contributed by atoms with van der Waals surface area (Å²) >= 11 is 0. The van der Waals surface area contributed by atoms with E-state index in [-0.39, 0.29) is 6.61 Å². The third kappa shape index (κ3) is 8.05. The SMILES string of the molecule is O=C(NC(CC(O)CC(F)(F)F)C(=O)O)OCc1ccccc1. The highest BCUT2D eigenvalue weighted by Gasteiger charge is 2.34. The lowest BCUT2D eigenvalue weighted by atomic mass is 10.1. The zero-order valence-electron chi connectivity index (χ0n) is 11.9. The molecule has 1 amide bonds. The van der Waals surface area contributed by atoms with Crippen LogP contribution in [0.4, 0.5) is 18.0 Å². The molecule has 0 fully saturated rings. The number of rotatable bonds is 7. The first-order valence-electron chi connectivity index (χ1n) is 6.62. The molecule has 0 aliphatic heterocycles.